The molecule has 0 aromatic heterocycles. The summed E-state index contributed by atoms with van der Waals surface area (Å²) in [5.41, 5.74) is 1.47. The highest BCUT2D eigenvalue weighted by Crippen LogP contribution is 2.43. The zero-order valence-corrected chi connectivity index (χ0v) is 14.4. The number of aliphatic imine (C=N–C) groups is 1. The standard InChI is InChI=1S/C17H17FN2O3S/c1-4-12-15(21)20-14(10-5-7-11(18)8-6-10)13(16(22)23-3)9(2)19-17(20)24-12/h5-8,12,14H,4H2,1-3H3/t12-,14+/m0/s1. The van der Waals surface area contributed by atoms with Crippen LogP contribution in [0.1, 0.15) is 31.9 Å². The number of allylic oxidation sites excluding steroid dienone is 1. The van der Waals surface area contributed by atoms with Crippen molar-refractivity contribution in [3.8, 4) is 0 Å². The van der Waals surface area contributed by atoms with E-state index in [1.165, 1.54) is 35.9 Å². The van der Waals surface area contributed by atoms with Crippen LogP contribution in [0.2, 0.25) is 0 Å². The molecule has 2 aliphatic heterocycles. The highest BCUT2D eigenvalue weighted by molar-refractivity contribution is 8.15. The van der Waals surface area contributed by atoms with Crippen LogP contribution in [-0.2, 0) is 14.3 Å². The minimum absolute atomic E-state index is 0.0931. The average molecular weight is 348 g/mol. The molecule has 3 rings (SSSR count). The second kappa shape index (κ2) is 6.39. The number of carbonyl (C=O) groups is 2. The zero-order chi connectivity index (χ0) is 17.4. The van der Waals surface area contributed by atoms with Gasteiger partial charge in [0.25, 0.3) is 0 Å². The lowest BCUT2D eigenvalue weighted by Gasteiger charge is -2.32. The molecule has 0 radical (unpaired) electrons. The Kier molecular flexibility index (Phi) is 4.45. The van der Waals surface area contributed by atoms with Gasteiger partial charge in [0.05, 0.1) is 29.7 Å². The lowest BCUT2D eigenvalue weighted by atomic mass is 9.94. The first kappa shape index (κ1) is 16.7. The second-order valence-electron chi connectivity index (χ2n) is 5.56. The van der Waals surface area contributed by atoms with Gasteiger partial charge in [0.2, 0.25) is 5.91 Å². The van der Waals surface area contributed by atoms with Crippen LogP contribution in [0.4, 0.5) is 4.39 Å². The molecule has 1 aromatic carbocycles. The van der Waals surface area contributed by atoms with Gasteiger partial charge < -0.3 is 4.74 Å². The molecule has 0 bridgehead atoms. The molecule has 1 saturated heterocycles. The van der Waals surface area contributed by atoms with Crippen molar-refractivity contribution in [1.82, 2.24) is 4.90 Å². The van der Waals surface area contributed by atoms with Crippen LogP contribution in [0.25, 0.3) is 0 Å². The Hall–Kier alpha value is -2.15. The minimum atomic E-state index is -0.651. The Morgan fingerprint density at radius 2 is 2.04 bits per heavy atom. The fraction of sp³-hybridized carbons (Fsp3) is 0.353. The largest absolute Gasteiger partial charge is 0.466 e. The van der Waals surface area contributed by atoms with E-state index in [4.69, 9.17) is 4.74 Å². The first-order chi connectivity index (χ1) is 11.5. The van der Waals surface area contributed by atoms with Gasteiger partial charge in [-0.15, -0.1) is 0 Å². The minimum Gasteiger partial charge on any atom is -0.466 e. The molecule has 1 aromatic rings. The first-order valence-electron chi connectivity index (χ1n) is 7.60. The SMILES string of the molecule is CC[C@@H]1SC2=NC(C)=C(C(=O)OC)[C@@H](c3ccc(F)cc3)N2C1=O. The Morgan fingerprint density at radius 3 is 2.62 bits per heavy atom. The maximum Gasteiger partial charge on any atom is 0.338 e. The summed E-state index contributed by atoms with van der Waals surface area (Å²) < 4.78 is 18.2. The monoisotopic (exact) mass is 348 g/mol. The van der Waals surface area contributed by atoms with Gasteiger partial charge in [0.1, 0.15) is 5.82 Å². The third-order valence-electron chi connectivity index (χ3n) is 4.11. The number of amides is 1. The van der Waals surface area contributed by atoms with Crippen molar-refractivity contribution in [3.05, 3.63) is 46.9 Å². The number of carbonyl (C=O) groups excluding carboxylic acids is 2. The van der Waals surface area contributed by atoms with Crippen LogP contribution in [0.3, 0.4) is 0 Å². The molecule has 0 saturated carbocycles. The van der Waals surface area contributed by atoms with Gasteiger partial charge in [0.15, 0.2) is 5.17 Å². The molecular weight excluding hydrogens is 331 g/mol. The van der Waals surface area contributed by atoms with Gasteiger partial charge in [0, 0.05) is 0 Å². The van der Waals surface area contributed by atoms with Gasteiger partial charge in [-0.25, -0.2) is 14.2 Å². The molecular formula is C17H17FN2O3S. The number of hydrogen-bond acceptors (Lipinski definition) is 5. The summed E-state index contributed by atoms with van der Waals surface area (Å²) in [5.74, 6) is -1.01. The topological polar surface area (TPSA) is 59.0 Å². The summed E-state index contributed by atoms with van der Waals surface area (Å²) in [6.07, 6.45) is 0.668. The lowest BCUT2D eigenvalue weighted by Crippen LogP contribution is -2.40. The third-order valence-corrected chi connectivity index (χ3v) is 5.43. The number of ether oxygens (including phenoxy) is 1. The van der Waals surface area contributed by atoms with E-state index >= 15 is 0 Å². The Balaban J connectivity index is 2.15. The van der Waals surface area contributed by atoms with Crippen LogP contribution in [0.15, 0.2) is 40.5 Å². The summed E-state index contributed by atoms with van der Waals surface area (Å²) in [6.45, 7) is 3.65. The summed E-state index contributed by atoms with van der Waals surface area (Å²) >= 11 is 1.40. The first-order valence-corrected chi connectivity index (χ1v) is 8.48. The molecule has 7 heteroatoms. The maximum absolute atomic E-state index is 13.3. The number of rotatable bonds is 3. The molecule has 1 amide bonds. The lowest BCUT2D eigenvalue weighted by molar-refractivity contribution is -0.137. The van der Waals surface area contributed by atoms with Gasteiger partial charge >= 0.3 is 5.97 Å². The average Bonchev–Trinajstić information content (AvgIpc) is 2.89. The molecule has 0 N–H and O–H groups in total. The normalized spacial score (nSPS) is 23.2. The summed E-state index contributed by atoms with van der Waals surface area (Å²) in [5, 5.41) is 0.350. The number of halogens is 1. The summed E-state index contributed by atoms with van der Waals surface area (Å²) in [6, 6.07) is 5.14. The van der Waals surface area contributed by atoms with Crippen molar-refractivity contribution < 1.29 is 18.7 Å². The molecule has 1 fully saturated rings. The van der Waals surface area contributed by atoms with Crippen molar-refractivity contribution in [2.24, 2.45) is 4.99 Å². The van der Waals surface area contributed by atoms with Gasteiger partial charge in [-0.05, 0) is 31.0 Å². The van der Waals surface area contributed by atoms with Crippen molar-refractivity contribution in [2.75, 3.05) is 7.11 Å². The van der Waals surface area contributed by atoms with Crippen LogP contribution in [0.5, 0.6) is 0 Å². The smallest absolute Gasteiger partial charge is 0.338 e. The summed E-state index contributed by atoms with van der Waals surface area (Å²) in [7, 11) is 1.29. The number of esters is 1. The van der Waals surface area contributed by atoms with E-state index in [2.05, 4.69) is 4.99 Å². The van der Waals surface area contributed by atoms with Crippen LogP contribution < -0.4 is 0 Å². The maximum atomic E-state index is 13.3. The molecule has 2 atom stereocenters. The number of nitrogens with zero attached hydrogens (tertiary/aromatic N) is 2. The van der Waals surface area contributed by atoms with Gasteiger partial charge in [-0.3, -0.25) is 9.69 Å². The highest BCUT2D eigenvalue weighted by Gasteiger charge is 2.47. The number of benzene rings is 1. The predicted octanol–water partition coefficient (Wildman–Crippen LogP) is 3.04. The van der Waals surface area contributed by atoms with Crippen molar-refractivity contribution in [1.29, 1.82) is 0 Å². The van der Waals surface area contributed by atoms with E-state index in [1.54, 1.807) is 19.1 Å². The number of methoxy groups -OCH3 is 1. The fourth-order valence-electron chi connectivity index (χ4n) is 2.92. The van der Waals surface area contributed by atoms with E-state index < -0.39 is 12.0 Å². The van der Waals surface area contributed by atoms with Crippen molar-refractivity contribution in [2.45, 2.75) is 31.6 Å². The third kappa shape index (κ3) is 2.62. The van der Waals surface area contributed by atoms with E-state index in [1.807, 2.05) is 6.92 Å². The van der Waals surface area contributed by atoms with Gasteiger partial charge in [-0.2, -0.15) is 0 Å². The Bertz CT molecular complexity index is 758. The van der Waals surface area contributed by atoms with Crippen molar-refractivity contribution in [3.63, 3.8) is 0 Å². The number of amidine groups is 1. The Morgan fingerprint density at radius 1 is 1.38 bits per heavy atom. The summed E-state index contributed by atoms with van der Waals surface area (Å²) in [4.78, 5) is 31.0. The second-order valence-corrected chi connectivity index (χ2v) is 6.73. The number of fused-ring (bicyclic) bond motifs is 1. The highest BCUT2D eigenvalue weighted by atomic mass is 32.2. The molecule has 5 nitrogen and oxygen atoms in total. The molecule has 2 heterocycles. The van der Waals surface area contributed by atoms with E-state index in [0.717, 1.165) is 0 Å². The van der Waals surface area contributed by atoms with Crippen LogP contribution >= 0.6 is 11.8 Å². The molecule has 0 unspecified atom stereocenters. The molecule has 0 spiro atoms. The number of hydrogen-bond donors (Lipinski definition) is 0. The predicted molar refractivity (Wildman–Crippen MR) is 89.8 cm³/mol. The molecule has 2 aliphatic rings. The van der Waals surface area contributed by atoms with E-state index in [9.17, 15) is 14.0 Å². The van der Waals surface area contributed by atoms with Gasteiger partial charge in [-0.1, -0.05) is 30.8 Å². The molecule has 24 heavy (non-hydrogen) atoms. The van der Waals surface area contributed by atoms with Crippen LogP contribution in [-0.4, -0.2) is 34.3 Å². The van der Waals surface area contributed by atoms with E-state index in [-0.39, 0.29) is 17.0 Å². The zero-order valence-electron chi connectivity index (χ0n) is 13.6. The van der Waals surface area contributed by atoms with Crippen molar-refractivity contribution >= 4 is 28.8 Å². The number of thioether (sulfide) groups is 1. The quantitative estimate of drug-likeness (QED) is 0.788. The van der Waals surface area contributed by atoms with E-state index in [0.29, 0.717) is 28.4 Å². The molecule has 126 valence electrons. The molecule has 0 aliphatic carbocycles. The fourth-order valence-corrected chi connectivity index (χ4v) is 4.05. The Labute approximate surface area is 143 Å². The van der Waals surface area contributed by atoms with Crippen LogP contribution in [0, 0.1) is 5.82 Å².